The number of likely N-dealkylation sites (N-methyl/N-ethyl adjacent to an activating group) is 2. The Morgan fingerprint density at radius 2 is 2.03 bits per heavy atom. The van der Waals surface area contributed by atoms with Crippen molar-refractivity contribution in [1.82, 2.24) is 15.1 Å². The number of halogens is 4. The van der Waals surface area contributed by atoms with E-state index in [9.17, 15) is 23.4 Å². The summed E-state index contributed by atoms with van der Waals surface area (Å²) in [4.78, 5) is 10.9. The molecule has 2 rings (SSSR count). The van der Waals surface area contributed by atoms with Crippen LogP contribution in [0.25, 0.3) is 0 Å². The second-order valence-corrected chi connectivity index (χ2v) is 8.63. The van der Waals surface area contributed by atoms with Crippen molar-refractivity contribution in [3.63, 3.8) is 0 Å². The van der Waals surface area contributed by atoms with Crippen molar-refractivity contribution >= 4 is 24.5 Å². The molecule has 12 heteroatoms. The molecule has 1 aliphatic carbocycles. The van der Waals surface area contributed by atoms with Crippen LogP contribution in [0, 0.1) is 11.7 Å². The Balaban J connectivity index is 0.000000384. The van der Waals surface area contributed by atoms with Gasteiger partial charge in [0.2, 0.25) is 12.8 Å². The summed E-state index contributed by atoms with van der Waals surface area (Å²) in [5.41, 5.74) is 0.421. The SMILES string of the molecule is C=NC(O)N(C)C1C=CC(C(F)F)=CC1C.CCN(CCNC/N=C/c1ccc(Cl)cc1F)C(O)OC. The summed E-state index contributed by atoms with van der Waals surface area (Å²) in [6.07, 6.45) is 1.65. The molecule has 208 valence electrons. The Labute approximate surface area is 221 Å². The number of methoxy groups -OCH3 is 1. The van der Waals surface area contributed by atoms with E-state index in [-0.39, 0.29) is 17.5 Å². The molecule has 8 nitrogen and oxygen atoms in total. The minimum Gasteiger partial charge on any atom is -0.359 e. The van der Waals surface area contributed by atoms with Gasteiger partial charge in [0.15, 0.2) is 0 Å². The fourth-order valence-corrected chi connectivity index (χ4v) is 3.63. The Bertz CT molecular complexity index is 920. The van der Waals surface area contributed by atoms with Gasteiger partial charge in [-0.1, -0.05) is 43.7 Å². The molecule has 37 heavy (non-hydrogen) atoms. The predicted octanol–water partition coefficient (Wildman–Crippen LogP) is 3.35. The number of aliphatic hydroxyl groups is 2. The van der Waals surface area contributed by atoms with Crippen LogP contribution in [-0.4, -0.2) is 98.6 Å². The minimum absolute atomic E-state index is 0.0261. The van der Waals surface area contributed by atoms with Gasteiger partial charge in [0.1, 0.15) is 5.82 Å². The molecule has 0 aliphatic heterocycles. The van der Waals surface area contributed by atoms with Gasteiger partial charge in [-0.15, -0.1) is 0 Å². The van der Waals surface area contributed by atoms with Crippen LogP contribution in [0.15, 0.2) is 52.0 Å². The Hall–Kier alpha value is -2.12. The molecule has 3 N–H and O–H groups in total. The van der Waals surface area contributed by atoms with E-state index in [1.165, 1.54) is 31.5 Å². The lowest BCUT2D eigenvalue weighted by Crippen LogP contribution is -2.42. The summed E-state index contributed by atoms with van der Waals surface area (Å²) < 4.78 is 43.2. The van der Waals surface area contributed by atoms with E-state index < -0.39 is 25.0 Å². The second kappa shape index (κ2) is 17.4. The van der Waals surface area contributed by atoms with E-state index in [4.69, 9.17) is 16.3 Å². The molecule has 1 aliphatic rings. The zero-order valence-corrected chi connectivity index (χ0v) is 22.3. The molecule has 0 aromatic heterocycles. The maximum atomic E-state index is 13.5. The lowest BCUT2D eigenvalue weighted by Gasteiger charge is -2.33. The van der Waals surface area contributed by atoms with E-state index in [1.54, 1.807) is 35.1 Å². The Morgan fingerprint density at radius 1 is 1.32 bits per heavy atom. The van der Waals surface area contributed by atoms with E-state index in [1.807, 2.05) is 13.8 Å². The van der Waals surface area contributed by atoms with Crippen LogP contribution in [0.2, 0.25) is 5.02 Å². The van der Waals surface area contributed by atoms with Crippen LogP contribution in [0.1, 0.15) is 19.4 Å². The van der Waals surface area contributed by atoms with E-state index >= 15 is 0 Å². The van der Waals surface area contributed by atoms with Gasteiger partial charge in [-0.05, 0) is 37.9 Å². The standard InChI is InChI=1S/C14H21ClFN3O2.C11H16F2N2O/c1-3-19(14(20)21-2)7-6-17-10-18-9-11-4-5-12(15)8-13(11)16;1-7-6-8(10(12)13)4-5-9(7)15(3)11(16)14-2/h4-5,8-9,14,17,20H,3,6-7,10H2,1-2H3;4-7,9-11,16H,2H2,1,3H3/b18-9+;. The minimum atomic E-state index is -2.45. The van der Waals surface area contributed by atoms with Crippen molar-refractivity contribution in [2.75, 3.05) is 40.5 Å². The molecular formula is C25H37ClF3N5O3. The zero-order chi connectivity index (χ0) is 28.0. The fraction of sp³-hybridized carbons (Fsp3) is 0.520. The molecule has 0 radical (unpaired) electrons. The molecule has 4 atom stereocenters. The lowest BCUT2D eigenvalue weighted by molar-refractivity contribution is -0.174. The van der Waals surface area contributed by atoms with Crippen molar-refractivity contribution in [2.24, 2.45) is 15.9 Å². The number of rotatable bonds is 13. The first-order chi connectivity index (χ1) is 17.5. The first-order valence-electron chi connectivity index (χ1n) is 11.7. The number of hydrogen-bond donors (Lipinski definition) is 3. The van der Waals surface area contributed by atoms with Crippen LogP contribution in [0.3, 0.4) is 0 Å². The van der Waals surface area contributed by atoms with Gasteiger partial charge in [0, 0.05) is 55.2 Å². The Kier molecular flexibility index (Phi) is 15.5. The maximum Gasteiger partial charge on any atom is 0.263 e. The third-order valence-electron chi connectivity index (χ3n) is 5.63. The number of aliphatic imine (C=N–C) groups is 2. The highest BCUT2D eigenvalue weighted by Crippen LogP contribution is 2.25. The topological polar surface area (TPSA) is 92.9 Å². The molecule has 1 aromatic rings. The summed E-state index contributed by atoms with van der Waals surface area (Å²) in [7, 11) is 3.12. The highest BCUT2D eigenvalue weighted by atomic mass is 35.5. The first-order valence-corrected chi connectivity index (χ1v) is 12.1. The van der Waals surface area contributed by atoms with Crippen molar-refractivity contribution in [1.29, 1.82) is 0 Å². The molecule has 4 unspecified atom stereocenters. The first kappa shape index (κ1) is 32.9. The number of benzene rings is 1. The maximum absolute atomic E-state index is 13.5. The van der Waals surface area contributed by atoms with Gasteiger partial charge in [-0.2, -0.15) is 0 Å². The highest BCUT2D eigenvalue weighted by molar-refractivity contribution is 6.30. The zero-order valence-electron chi connectivity index (χ0n) is 21.6. The quantitative estimate of drug-likeness (QED) is 0.199. The van der Waals surface area contributed by atoms with Gasteiger partial charge < -0.3 is 14.9 Å². The van der Waals surface area contributed by atoms with Crippen LogP contribution >= 0.6 is 11.6 Å². The van der Waals surface area contributed by atoms with Gasteiger partial charge in [-0.3, -0.25) is 25.1 Å². The number of aliphatic hydroxyl groups excluding tert-OH is 2. The largest absolute Gasteiger partial charge is 0.359 e. The lowest BCUT2D eigenvalue weighted by atomic mass is 9.92. The molecule has 0 saturated carbocycles. The van der Waals surface area contributed by atoms with E-state index in [0.717, 1.165) is 0 Å². The van der Waals surface area contributed by atoms with Gasteiger partial charge in [0.05, 0.1) is 6.67 Å². The summed E-state index contributed by atoms with van der Waals surface area (Å²) in [5.74, 6) is -0.498. The van der Waals surface area contributed by atoms with E-state index in [0.29, 0.717) is 36.9 Å². The normalized spacial score (nSPS) is 19.2. The molecule has 0 fully saturated rings. The summed E-state index contributed by atoms with van der Waals surface area (Å²) in [6.45, 7) is 9.30. The highest BCUT2D eigenvalue weighted by Gasteiger charge is 2.26. The van der Waals surface area contributed by atoms with Crippen molar-refractivity contribution in [2.45, 2.75) is 39.1 Å². The average Bonchev–Trinajstić information content (AvgIpc) is 2.88. The number of nitrogens with zero attached hydrogens (tertiary/aromatic N) is 4. The van der Waals surface area contributed by atoms with Crippen LogP contribution in [0.5, 0.6) is 0 Å². The molecular weight excluding hydrogens is 511 g/mol. The van der Waals surface area contributed by atoms with Crippen LogP contribution in [0.4, 0.5) is 13.2 Å². The number of hydrogen-bond acceptors (Lipinski definition) is 8. The molecule has 0 bridgehead atoms. The second-order valence-electron chi connectivity index (χ2n) is 8.20. The number of alkyl halides is 2. The van der Waals surface area contributed by atoms with Crippen molar-refractivity contribution in [3.8, 4) is 0 Å². The molecule has 0 amide bonds. The third-order valence-corrected chi connectivity index (χ3v) is 5.87. The number of ether oxygens (including phenoxy) is 1. The number of nitrogens with one attached hydrogen (secondary N) is 1. The molecule has 0 spiro atoms. The molecule has 1 aromatic carbocycles. The van der Waals surface area contributed by atoms with Crippen molar-refractivity contribution in [3.05, 3.63) is 58.4 Å². The van der Waals surface area contributed by atoms with E-state index in [2.05, 4.69) is 22.0 Å². The Morgan fingerprint density at radius 3 is 2.57 bits per heavy atom. The number of allylic oxidation sites excluding steroid dienone is 2. The summed E-state index contributed by atoms with van der Waals surface area (Å²) in [5, 5.41) is 22.4. The molecule has 0 heterocycles. The predicted molar refractivity (Wildman–Crippen MR) is 142 cm³/mol. The monoisotopic (exact) mass is 547 g/mol. The molecule has 0 saturated heterocycles. The summed E-state index contributed by atoms with van der Waals surface area (Å²) in [6, 6.07) is 4.30. The average molecular weight is 548 g/mol. The smallest absolute Gasteiger partial charge is 0.263 e. The van der Waals surface area contributed by atoms with Crippen LogP contribution in [-0.2, 0) is 4.74 Å². The van der Waals surface area contributed by atoms with Gasteiger partial charge in [-0.25, -0.2) is 13.2 Å². The third kappa shape index (κ3) is 11.4. The van der Waals surface area contributed by atoms with Crippen LogP contribution < -0.4 is 5.32 Å². The fourth-order valence-electron chi connectivity index (χ4n) is 3.47. The van der Waals surface area contributed by atoms with Gasteiger partial charge >= 0.3 is 0 Å². The van der Waals surface area contributed by atoms with Crippen molar-refractivity contribution < 1.29 is 28.1 Å². The van der Waals surface area contributed by atoms with Gasteiger partial charge in [0.25, 0.3) is 6.43 Å². The summed E-state index contributed by atoms with van der Waals surface area (Å²) >= 11 is 5.67.